The van der Waals surface area contributed by atoms with Gasteiger partial charge in [0.15, 0.2) is 0 Å². The molecule has 0 bridgehead atoms. The van der Waals surface area contributed by atoms with E-state index < -0.39 is 0 Å². The highest BCUT2D eigenvalue weighted by molar-refractivity contribution is 4.76. The van der Waals surface area contributed by atoms with Crippen LogP contribution in [0.4, 0.5) is 0 Å². The first-order valence-corrected chi connectivity index (χ1v) is 3.30. The molecule has 0 saturated heterocycles. The predicted octanol–water partition coefficient (Wildman–Crippen LogP) is 1.19. The Morgan fingerprint density at radius 3 is 2.40 bits per heavy atom. The van der Waals surface area contributed by atoms with Crippen LogP contribution in [0, 0.1) is 0 Å². The second-order valence-corrected chi connectivity index (χ2v) is 1.81. The van der Waals surface area contributed by atoms with Crippen molar-refractivity contribution in [1.82, 2.24) is 9.97 Å². The van der Waals surface area contributed by atoms with Gasteiger partial charge in [-0.05, 0) is 0 Å². The zero-order chi connectivity index (χ0) is 7.82. The fourth-order valence-corrected chi connectivity index (χ4v) is 0.303. The molecule has 10 heavy (non-hydrogen) atoms. The van der Waals surface area contributed by atoms with E-state index in [2.05, 4.69) is 23.8 Å². The van der Waals surface area contributed by atoms with Crippen molar-refractivity contribution in [3.8, 4) is 0 Å². The Morgan fingerprint density at radius 2 is 2.20 bits per heavy atom. The summed E-state index contributed by atoms with van der Waals surface area (Å²) in [5, 5.41) is 0. The molecule has 0 fully saturated rings. The highest BCUT2D eigenvalue weighted by Gasteiger charge is 1.70. The van der Waals surface area contributed by atoms with Crippen molar-refractivity contribution >= 4 is 0 Å². The van der Waals surface area contributed by atoms with Gasteiger partial charge in [-0.2, -0.15) is 0 Å². The van der Waals surface area contributed by atoms with Gasteiger partial charge in [0.05, 0.1) is 6.33 Å². The molecule has 1 N–H and O–H groups in total. The Labute approximate surface area is 60.1 Å². The number of nitrogens with zero attached hydrogens (tertiary/aromatic N) is 1. The molecule has 1 rings (SSSR count). The summed E-state index contributed by atoms with van der Waals surface area (Å²) in [5.74, 6) is 0. The highest BCUT2D eigenvalue weighted by atomic mass is 16.1. The fraction of sp³-hybridized carbons (Fsp3) is 0.429. The van der Waals surface area contributed by atoms with Crippen molar-refractivity contribution in [3.63, 3.8) is 0 Å². The van der Waals surface area contributed by atoms with Crippen LogP contribution in [0.15, 0.2) is 23.4 Å². The molecule has 3 nitrogen and oxygen atoms in total. The summed E-state index contributed by atoms with van der Waals surface area (Å²) in [5.41, 5.74) is -0.116. The van der Waals surface area contributed by atoms with Gasteiger partial charge >= 0.3 is 0 Å². The minimum Gasteiger partial charge on any atom is -0.313 e. The normalized spacial score (nSPS) is 7.80. The molecule has 0 saturated carbocycles. The Bertz CT molecular complexity index is 189. The lowest BCUT2D eigenvalue weighted by molar-refractivity contribution is 1.09. The summed E-state index contributed by atoms with van der Waals surface area (Å²) < 4.78 is 0. The molecule has 56 valence electrons. The van der Waals surface area contributed by atoms with Gasteiger partial charge in [0.1, 0.15) is 0 Å². The fourth-order valence-electron chi connectivity index (χ4n) is 0.303. The molecule has 0 radical (unpaired) electrons. The molecule has 1 heterocycles. The van der Waals surface area contributed by atoms with E-state index in [1.807, 2.05) is 0 Å². The average Bonchev–Trinajstić information content (AvgIpc) is 1.91. The van der Waals surface area contributed by atoms with E-state index in [1.165, 1.54) is 25.0 Å². The third-order valence-electron chi connectivity index (χ3n) is 0.593. The van der Waals surface area contributed by atoms with Gasteiger partial charge in [-0.25, -0.2) is 4.98 Å². The summed E-state index contributed by atoms with van der Waals surface area (Å²) in [7, 11) is 0. The van der Waals surface area contributed by atoms with Gasteiger partial charge in [-0.15, -0.1) is 0 Å². The molecular weight excluding hydrogens is 128 g/mol. The van der Waals surface area contributed by atoms with Crippen LogP contribution in [0.25, 0.3) is 0 Å². The quantitative estimate of drug-likeness (QED) is 0.588. The van der Waals surface area contributed by atoms with E-state index in [1.54, 1.807) is 0 Å². The molecule has 0 aliphatic heterocycles. The van der Waals surface area contributed by atoms with Gasteiger partial charge < -0.3 is 4.98 Å². The average molecular weight is 140 g/mol. The monoisotopic (exact) mass is 140 g/mol. The molecule has 0 amide bonds. The highest BCUT2D eigenvalue weighted by Crippen LogP contribution is 1.57. The number of hydrogen-bond acceptors (Lipinski definition) is 2. The second-order valence-electron chi connectivity index (χ2n) is 1.81. The number of rotatable bonds is 0. The van der Waals surface area contributed by atoms with Crippen LogP contribution in [0.3, 0.4) is 0 Å². The van der Waals surface area contributed by atoms with E-state index in [-0.39, 0.29) is 5.56 Å². The molecule has 1 aromatic heterocycles. The number of aromatic nitrogens is 2. The number of H-pyrrole nitrogens is 1. The molecule has 0 aliphatic carbocycles. The number of nitrogens with one attached hydrogen (secondary N) is 1. The molecule has 0 spiro atoms. The number of aromatic amines is 1. The Morgan fingerprint density at radius 1 is 1.60 bits per heavy atom. The first-order valence-electron chi connectivity index (χ1n) is 3.30. The van der Waals surface area contributed by atoms with E-state index in [9.17, 15) is 4.79 Å². The first kappa shape index (κ1) is 8.88. The van der Waals surface area contributed by atoms with Crippen LogP contribution in [0.1, 0.15) is 20.3 Å². The van der Waals surface area contributed by atoms with Crippen molar-refractivity contribution in [3.05, 3.63) is 28.9 Å². The molecule has 0 aromatic carbocycles. The van der Waals surface area contributed by atoms with Crippen molar-refractivity contribution in [2.75, 3.05) is 0 Å². The number of hydrogen-bond donors (Lipinski definition) is 1. The van der Waals surface area contributed by atoms with Crippen LogP contribution < -0.4 is 5.56 Å². The van der Waals surface area contributed by atoms with E-state index in [4.69, 9.17) is 0 Å². The van der Waals surface area contributed by atoms with E-state index >= 15 is 0 Å². The molecule has 1 aromatic rings. The van der Waals surface area contributed by atoms with Crippen LogP contribution >= 0.6 is 0 Å². The van der Waals surface area contributed by atoms with Crippen molar-refractivity contribution in [1.29, 1.82) is 0 Å². The Kier molecular flexibility index (Phi) is 5.33. The van der Waals surface area contributed by atoms with Crippen LogP contribution in [0.5, 0.6) is 0 Å². The lowest BCUT2D eigenvalue weighted by Crippen LogP contribution is -2.00. The molecule has 0 atom stereocenters. The molecule has 0 aliphatic rings. The maximum absolute atomic E-state index is 10.2. The SMILES string of the molecule is CCC.O=c1ccnc[nH]1. The third kappa shape index (κ3) is 5.03. The van der Waals surface area contributed by atoms with Gasteiger partial charge in [0.25, 0.3) is 5.56 Å². The predicted molar refractivity (Wildman–Crippen MR) is 40.8 cm³/mol. The lowest BCUT2D eigenvalue weighted by Gasteiger charge is -1.73. The Hall–Kier alpha value is -1.12. The Balaban J connectivity index is 0.000000236. The summed E-state index contributed by atoms with van der Waals surface area (Å²) in [6, 6.07) is 1.36. The van der Waals surface area contributed by atoms with Gasteiger partial charge in [-0.3, -0.25) is 4.79 Å². The smallest absolute Gasteiger partial charge is 0.250 e. The van der Waals surface area contributed by atoms with E-state index in [0.29, 0.717) is 0 Å². The van der Waals surface area contributed by atoms with Gasteiger partial charge in [-0.1, -0.05) is 20.3 Å². The van der Waals surface area contributed by atoms with Crippen LogP contribution in [-0.4, -0.2) is 9.97 Å². The maximum Gasteiger partial charge on any atom is 0.250 e. The van der Waals surface area contributed by atoms with Crippen molar-refractivity contribution in [2.24, 2.45) is 0 Å². The molecule has 0 unspecified atom stereocenters. The van der Waals surface area contributed by atoms with Crippen molar-refractivity contribution < 1.29 is 0 Å². The zero-order valence-electron chi connectivity index (χ0n) is 6.29. The molecular formula is C7H12N2O. The third-order valence-corrected chi connectivity index (χ3v) is 0.593. The molecule has 3 heteroatoms. The summed E-state index contributed by atoms with van der Waals surface area (Å²) >= 11 is 0. The topological polar surface area (TPSA) is 45.8 Å². The van der Waals surface area contributed by atoms with Gasteiger partial charge in [0, 0.05) is 12.3 Å². The summed E-state index contributed by atoms with van der Waals surface area (Å²) in [6.07, 6.45) is 4.04. The lowest BCUT2D eigenvalue weighted by atomic mass is 10.6. The maximum atomic E-state index is 10.2. The van der Waals surface area contributed by atoms with Crippen LogP contribution in [-0.2, 0) is 0 Å². The van der Waals surface area contributed by atoms with E-state index in [0.717, 1.165) is 0 Å². The second kappa shape index (κ2) is 6.01. The van der Waals surface area contributed by atoms with Gasteiger partial charge in [0.2, 0.25) is 0 Å². The van der Waals surface area contributed by atoms with Crippen molar-refractivity contribution in [2.45, 2.75) is 20.3 Å². The minimum absolute atomic E-state index is 0.116. The van der Waals surface area contributed by atoms with Crippen LogP contribution in [0.2, 0.25) is 0 Å². The first-order chi connectivity index (χ1) is 4.81. The minimum atomic E-state index is -0.116. The summed E-state index contributed by atoms with van der Waals surface area (Å²) in [4.78, 5) is 16.1. The zero-order valence-corrected chi connectivity index (χ0v) is 6.29. The standard InChI is InChI=1S/C4H4N2O.C3H8/c7-4-1-2-5-3-6-4;1-3-2/h1-3H,(H,5,6,7);3H2,1-2H3. The summed E-state index contributed by atoms with van der Waals surface area (Å²) in [6.45, 7) is 4.25. The largest absolute Gasteiger partial charge is 0.313 e.